The zero-order chi connectivity index (χ0) is 15.3. The number of rotatable bonds is 6. The number of hydrogen-bond acceptors (Lipinski definition) is 5. The molecule has 0 spiro atoms. The third kappa shape index (κ3) is 4.39. The third-order valence-electron chi connectivity index (χ3n) is 4.12. The molecule has 7 heteroatoms. The second-order valence-electron chi connectivity index (χ2n) is 5.84. The summed E-state index contributed by atoms with van der Waals surface area (Å²) in [5.41, 5.74) is 2.74. The van der Waals surface area contributed by atoms with Gasteiger partial charge in [0, 0.05) is 18.9 Å². The van der Waals surface area contributed by atoms with Crippen LogP contribution in [0.5, 0.6) is 0 Å². The van der Waals surface area contributed by atoms with Gasteiger partial charge < -0.3 is 5.43 Å². The lowest BCUT2D eigenvalue weighted by atomic mass is 9.81. The lowest BCUT2D eigenvalue weighted by Gasteiger charge is -2.26. The van der Waals surface area contributed by atoms with Crippen molar-refractivity contribution < 1.29 is 8.42 Å². The van der Waals surface area contributed by atoms with Crippen molar-refractivity contribution in [2.24, 2.45) is 17.7 Å². The number of nitrogens with two attached hydrogens (primary N) is 1. The van der Waals surface area contributed by atoms with Crippen LogP contribution in [0.25, 0.3) is 0 Å². The monoisotopic (exact) mass is 312 g/mol. The summed E-state index contributed by atoms with van der Waals surface area (Å²) in [6.07, 6.45) is 8.64. The lowest BCUT2D eigenvalue weighted by molar-refractivity contribution is 0.271. The first-order valence-electron chi connectivity index (χ1n) is 7.43. The minimum absolute atomic E-state index is 0.0875. The molecule has 0 aromatic carbocycles. The molecule has 2 atom stereocenters. The number of pyridine rings is 1. The van der Waals surface area contributed by atoms with Gasteiger partial charge in [-0.2, -0.15) is 0 Å². The highest BCUT2D eigenvalue weighted by molar-refractivity contribution is 7.89. The number of aromatic nitrogens is 1. The topological polar surface area (TPSA) is 97.1 Å². The van der Waals surface area contributed by atoms with Gasteiger partial charge in [0.15, 0.2) is 0 Å². The van der Waals surface area contributed by atoms with E-state index in [4.69, 9.17) is 5.84 Å². The van der Waals surface area contributed by atoms with Crippen LogP contribution in [0.4, 0.5) is 5.69 Å². The van der Waals surface area contributed by atoms with Crippen molar-refractivity contribution >= 4 is 15.7 Å². The summed E-state index contributed by atoms with van der Waals surface area (Å²) >= 11 is 0. The summed E-state index contributed by atoms with van der Waals surface area (Å²) in [6.45, 7) is 2.73. The molecule has 0 radical (unpaired) electrons. The summed E-state index contributed by atoms with van der Waals surface area (Å²) in [4.78, 5) is 3.94. The Labute approximate surface area is 126 Å². The number of nitrogen functional groups attached to an aromatic ring is 1. The van der Waals surface area contributed by atoms with Gasteiger partial charge >= 0.3 is 0 Å². The molecule has 1 aliphatic carbocycles. The van der Waals surface area contributed by atoms with E-state index < -0.39 is 10.0 Å². The minimum Gasteiger partial charge on any atom is -0.323 e. The average Bonchev–Trinajstić information content (AvgIpc) is 2.47. The van der Waals surface area contributed by atoms with Crippen LogP contribution in [0.15, 0.2) is 23.4 Å². The zero-order valence-electron chi connectivity index (χ0n) is 12.4. The first-order valence-corrected chi connectivity index (χ1v) is 8.91. The summed E-state index contributed by atoms with van der Waals surface area (Å²) in [5, 5.41) is 0. The van der Waals surface area contributed by atoms with E-state index in [2.05, 4.69) is 22.1 Å². The summed E-state index contributed by atoms with van der Waals surface area (Å²) in [5.74, 6) is 6.72. The number of hydrogen-bond donors (Lipinski definition) is 3. The normalized spacial score (nSPS) is 23.0. The second-order valence-corrected chi connectivity index (χ2v) is 7.58. The molecule has 1 aromatic heterocycles. The van der Waals surface area contributed by atoms with E-state index in [0.29, 0.717) is 18.2 Å². The fraction of sp³-hybridized carbons (Fsp3) is 0.643. The van der Waals surface area contributed by atoms with Crippen LogP contribution in [0.3, 0.4) is 0 Å². The van der Waals surface area contributed by atoms with Crippen LogP contribution in [0.1, 0.15) is 39.0 Å². The van der Waals surface area contributed by atoms with E-state index in [-0.39, 0.29) is 4.90 Å². The third-order valence-corrected chi connectivity index (χ3v) is 5.61. The molecule has 1 heterocycles. The number of sulfonamides is 1. The van der Waals surface area contributed by atoms with Crippen molar-refractivity contribution in [2.75, 3.05) is 12.0 Å². The van der Waals surface area contributed by atoms with Gasteiger partial charge in [-0.15, -0.1) is 0 Å². The van der Waals surface area contributed by atoms with E-state index in [1.807, 2.05) is 0 Å². The zero-order valence-corrected chi connectivity index (χ0v) is 13.2. The molecular formula is C14H24N4O2S. The molecule has 1 saturated carbocycles. The molecule has 2 rings (SSSR count). The fourth-order valence-electron chi connectivity index (χ4n) is 3.01. The Hall–Kier alpha value is -1.18. The van der Waals surface area contributed by atoms with E-state index in [1.54, 1.807) is 0 Å². The standard InChI is InChI=1S/C14H24N4O2S/c1-11-3-2-4-12(9-11)5-8-17-21(19,20)14-10-16-7-6-13(14)18-15/h6-7,10-12,17H,2-5,8-9,15H2,1H3,(H,16,18). The predicted molar refractivity (Wildman–Crippen MR) is 83.0 cm³/mol. The molecule has 0 bridgehead atoms. The molecule has 118 valence electrons. The summed E-state index contributed by atoms with van der Waals surface area (Å²) in [7, 11) is -3.57. The molecule has 2 unspecified atom stereocenters. The lowest BCUT2D eigenvalue weighted by Crippen LogP contribution is -2.28. The summed E-state index contributed by atoms with van der Waals surface area (Å²) in [6, 6.07) is 1.54. The molecule has 1 fully saturated rings. The van der Waals surface area contributed by atoms with Crippen LogP contribution in [-0.4, -0.2) is 19.9 Å². The van der Waals surface area contributed by atoms with E-state index in [0.717, 1.165) is 12.3 Å². The number of anilines is 1. The van der Waals surface area contributed by atoms with Crippen LogP contribution in [-0.2, 0) is 10.0 Å². The van der Waals surface area contributed by atoms with Gasteiger partial charge in [-0.3, -0.25) is 10.8 Å². The highest BCUT2D eigenvalue weighted by Crippen LogP contribution is 2.30. The maximum Gasteiger partial charge on any atom is 0.244 e. The largest absolute Gasteiger partial charge is 0.323 e. The first kappa shape index (κ1) is 16.2. The molecule has 0 aliphatic heterocycles. The highest BCUT2D eigenvalue weighted by atomic mass is 32.2. The molecule has 0 amide bonds. The molecule has 6 nitrogen and oxygen atoms in total. The van der Waals surface area contributed by atoms with Gasteiger partial charge in [0.2, 0.25) is 10.0 Å². The fourth-order valence-corrected chi connectivity index (χ4v) is 4.17. The molecule has 0 saturated heterocycles. The van der Waals surface area contributed by atoms with E-state index in [9.17, 15) is 8.42 Å². The number of nitrogens with zero attached hydrogens (tertiary/aromatic N) is 1. The molecule has 1 aliphatic rings. The Kier molecular flexibility index (Phi) is 5.55. The predicted octanol–water partition coefficient (Wildman–Crippen LogP) is 1.86. The van der Waals surface area contributed by atoms with Crippen molar-refractivity contribution in [1.82, 2.24) is 9.71 Å². The van der Waals surface area contributed by atoms with Gasteiger partial charge in [0.25, 0.3) is 0 Å². The first-order chi connectivity index (χ1) is 10.0. The van der Waals surface area contributed by atoms with Gasteiger partial charge in [-0.25, -0.2) is 13.1 Å². The van der Waals surface area contributed by atoms with Crippen molar-refractivity contribution in [3.05, 3.63) is 18.5 Å². The maximum atomic E-state index is 12.3. The van der Waals surface area contributed by atoms with Crippen molar-refractivity contribution in [3.63, 3.8) is 0 Å². The van der Waals surface area contributed by atoms with Crippen LogP contribution < -0.4 is 16.0 Å². The molecule has 1 aromatic rings. The van der Waals surface area contributed by atoms with Gasteiger partial charge in [-0.05, 0) is 30.7 Å². The Morgan fingerprint density at radius 3 is 2.95 bits per heavy atom. The van der Waals surface area contributed by atoms with Crippen LogP contribution >= 0.6 is 0 Å². The van der Waals surface area contributed by atoms with Crippen molar-refractivity contribution in [2.45, 2.75) is 43.9 Å². The Morgan fingerprint density at radius 2 is 2.24 bits per heavy atom. The van der Waals surface area contributed by atoms with E-state index in [1.165, 1.54) is 44.1 Å². The molecule has 4 N–H and O–H groups in total. The van der Waals surface area contributed by atoms with Crippen molar-refractivity contribution in [1.29, 1.82) is 0 Å². The molecular weight excluding hydrogens is 288 g/mol. The minimum atomic E-state index is -3.57. The van der Waals surface area contributed by atoms with Gasteiger partial charge in [0.05, 0.1) is 5.69 Å². The Morgan fingerprint density at radius 1 is 1.43 bits per heavy atom. The Bertz CT molecular complexity index is 562. The quantitative estimate of drug-likeness (QED) is 0.550. The second kappa shape index (κ2) is 7.20. The van der Waals surface area contributed by atoms with Crippen LogP contribution in [0.2, 0.25) is 0 Å². The Balaban J connectivity index is 1.92. The van der Waals surface area contributed by atoms with Gasteiger partial charge in [-0.1, -0.05) is 26.2 Å². The average molecular weight is 312 g/mol. The maximum absolute atomic E-state index is 12.3. The van der Waals surface area contributed by atoms with E-state index >= 15 is 0 Å². The SMILES string of the molecule is CC1CCCC(CCNS(=O)(=O)c2cnccc2NN)C1. The number of hydrazine groups is 1. The molecule has 21 heavy (non-hydrogen) atoms. The van der Waals surface area contributed by atoms with Crippen molar-refractivity contribution in [3.8, 4) is 0 Å². The summed E-state index contributed by atoms with van der Waals surface area (Å²) < 4.78 is 27.2. The smallest absolute Gasteiger partial charge is 0.244 e. The van der Waals surface area contributed by atoms with Gasteiger partial charge in [0.1, 0.15) is 4.90 Å². The highest BCUT2D eigenvalue weighted by Gasteiger charge is 2.21. The number of nitrogens with one attached hydrogen (secondary N) is 2. The van der Waals surface area contributed by atoms with Crippen LogP contribution in [0, 0.1) is 11.8 Å².